The fraction of sp³-hybridized carbons (Fsp3) is 0.200. The van der Waals surface area contributed by atoms with E-state index in [0.717, 1.165) is 11.1 Å². The van der Waals surface area contributed by atoms with Gasteiger partial charge in [-0.05, 0) is 49.2 Å². The van der Waals surface area contributed by atoms with Crippen molar-refractivity contribution in [3.63, 3.8) is 0 Å². The molecule has 5 rings (SSSR count). The lowest BCUT2D eigenvalue weighted by molar-refractivity contribution is -0.136. The van der Waals surface area contributed by atoms with E-state index >= 15 is 0 Å². The number of fused-ring (bicyclic) bond motifs is 2. The molecule has 0 aromatic heterocycles. The molecule has 2 aliphatic rings. The van der Waals surface area contributed by atoms with Crippen molar-refractivity contribution in [2.45, 2.75) is 26.4 Å². The zero-order valence-corrected chi connectivity index (χ0v) is 20.8. The van der Waals surface area contributed by atoms with Crippen molar-refractivity contribution in [1.29, 1.82) is 0 Å². The quantitative estimate of drug-likeness (QED) is 0.430. The van der Waals surface area contributed by atoms with Crippen LogP contribution in [0.15, 0.2) is 83.6 Å². The van der Waals surface area contributed by atoms with E-state index in [1.807, 2.05) is 31.2 Å². The standard InChI is InChI=1S/C30H26FNO5/c1-4-36-24-15-19(11-14-23(24)37-16-18-9-12-20(31)13-10-18)26-25(30(34)35-3)17(2)32-28-21-7-5-6-8-22(21)29(33)27(26)28/h5-15,26,32H,4,16H2,1-3H3/t26-/m1/s1. The van der Waals surface area contributed by atoms with E-state index in [1.165, 1.54) is 19.2 Å². The maximum Gasteiger partial charge on any atom is 0.336 e. The second-order valence-corrected chi connectivity index (χ2v) is 8.81. The average molecular weight is 500 g/mol. The number of methoxy groups -OCH3 is 1. The molecular weight excluding hydrogens is 473 g/mol. The van der Waals surface area contributed by atoms with Gasteiger partial charge in [-0.3, -0.25) is 4.79 Å². The Labute approximate surface area is 214 Å². The van der Waals surface area contributed by atoms with Crippen molar-refractivity contribution in [2.75, 3.05) is 13.7 Å². The van der Waals surface area contributed by atoms with Crippen LogP contribution < -0.4 is 14.8 Å². The number of Topliss-reactive ketones (excluding diaryl/α,β-unsaturated/α-hetero) is 1. The molecule has 1 atom stereocenters. The molecule has 1 N–H and O–H groups in total. The zero-order valence-electron chi connectivity index (χ0n) is 20.8. The summed E-state index contributed by atoms with van der Waals surface area (Å²) in [7, 11) is 1.33. The van der Waals surface area contributed by atoms with E-state index in [4.69, 9.17) is 14.2 Å². The van der Waals surface area contributed by atoms with Crippen LogP contribution in [0.5, 0.6) is 11.5 Å². The van der Waals surface area contributed by atoms with Gasteiger partial charge in [0.1, 0.15) is 12.4 Å². The van der Waals surface area contributed by atoms with Gasteiger partial charge >= 0.3 is 5.97 Å². The molecule has 1 aliphatic carbocycles. The highest BCUT2D eigenvalue weighted by atomic mass is 19.1. The van der Waals surface area contributed by atoms with E-state index in [-0.39, 0.29) is 18.2 Å². The van der Waals surface area contributed by atoms with E-state index in [0.29, 0.717) is 51.8 Å². The average Bonchev–Trinajstić information content (AvgIpc) is 3.19. The Morgan fingerprint density at radius 3 is 2.41 bits per heavy atom. The Morgan fingerprint density at radius 2 is 1.70 bits per heavy atom. The highest BCUT2D eigenvalue weighted by molar-refractivity contribution is 6.23. The lowest BCUT2D eigenvalue weighted by atomic mass is 9.79. The van der Waals surface area contributed by atoms with Crippen LogP contribution in [0.2, 0.25) is 0 Å². The van der Waals surface area contributed by atoms with Crippen LogP contribution in [0.1, 0.15) is 46.8 Å². The lowest BCUT2D eigenvalue weighted by Crippen LogP contribution is -2.29. The molecule has 0 bridgehead atoms. The molecule has 188 valence electrons. The number of carbonyl (C=O) groups is 2. The smallest absolute Gasteiger partial charge is 0.336 e. The van der Waals surface area contributed by atoms with Gasteiger partial charge in [0.15, 0.2) is 17.3 Å². The summed E-state index contributed by atoms with van der Waals surface area (Å²) in [5.74, 6) is -0.639. The van der Waals surface area contributed by atoms with Crippen molar-refractivity contribution in [2.24, 2.45) is 0 Å². The van der Waals surface area contributed by atoms with E-state index in [9.17, 15) is 14.0 Å². The predicted octanol–water partition coefficient (Wildman–Crippen LogP) is 5.54. The Bertz CT molecular complexity index is 1460. The number of ketones is 1. The number of hydrogen-bond donors (Lipinski definition) is 1. The highest BCUT2D eigenvalue weighted by Gasteiger charge is 2.43. The third-order valence-electron chi connectivity index (χ3n) is 6.56. The summed E-state index contributed by atoms with van der Waals surface area (Å²) in [5, 5.41) is 3.28. The second-order valence-electron chi connectivity index (χ2n) is 8.81. The third kappa shape index (κ3) is 4.37. The van der Waals surface area contributed by atoms with Crippen LogP contribution in [0, 0.1) is 5.82 Å². The largest absolute Gasteiger partial charge is 0.490 e. The van der Waals surface area contributed by atoms with Gasteiger partial charge in [-0.2, -0.15) is 0 Å². The lowest BCUT2D eigenvalue weighted by Gasteiger charge is -2.29. The van der Waals surface area contributed by atoms with Gasteiger partial charge in [0.2, 0.25) is 0 Å². The molecule has 1 heterocycles. The van der Waals surface area contributed by atoms with Crippen molar-refractivity contribution in [3.8, 4) is 11.5 Å². The normalized spacial score (nSPS) is 16.2. The first kappa shape index (κ1) is 24.3. The van der Waals surface area contributed by atoms with Crippen LogP contribution in [0.3, 0.4) is 0 Å². The van der Waals surface area contributed by atoms with Crippen LogP contribution in [-0.4, -0.2) is 25.5 Å². The number of benzene rings is 3. The molecule has 0 spiro atoms. The van der Waals surface area contributed by atoms with Crippen LogP contribution >= 0.6 is 0 Å². The molecule has 0 radical (unpaired) electrons. The summed E-state index contributed by atoms with van der Waals surface area (Å²) in [5.41, 5.74) is 5.09. The molecule has 1 aliphatic heterocycles. The van der Waals surface area contributed by atoms with Gasteiger partial charge in [0, 0.05) is 28.3 Å². The van der Waals surface area contributed by atoms with Crippen LogP contribution in [0.4, 0.5) is 4.39 Å². The summed E-state index contributed by atoms with van der Waals surface area (Å²) >= 11 is 0. The molecule has 0 fully saturated rings. The monoisotopic (exact) mass is 499 g/mol. The van der Waals surface area contributed by atoms with Crippen LogP contribution in [0.25, 0.3) is 5.70 Å². The highest BCUT2D eigenvalue weighted by Crippen LogP contribution is 2.48. The summed E-state index contributed by atoms with van der Waals surface area (Å²) in [6, 6.07) is 18.9. The molecule has 3 aromatic rings. The molecule has 0 saturated carbocycles. The number of ether oxygens (including phenoxy) is 3. The molecular formula is C30H26FNO5. The fourth-order valence-electron chi connectivity index (χ4n) is 4.88. The van der Waals surface area contributed by atoms with E-state index in [1.54, 1.807) is 37.3 Å². The number of hydrogen-bond acceptors (Lipinski definition) is 6. The minimum Gasteiger partial charge on any atom is -0.490 e. The number of esters is 1. The molecule has 37 heavy (non-hydrogen) atoms. The first-order valence-corrected chi connectivity index (χ1v) is 12.0. The zero-order chi connectivity index (χ0) is 26.1. The summed E-state index contributed by atoms with van der Waals surface area (Å²) in [4.78, 5) is 26.5. The van der Waals surface area contributed by atoms with Gasteiger partial charge in [0.25, 0.3) is 0 Å². The number of halogens is 1. The number of nitrogens with one attached hydrogen (secondary N) is 1. The van der Waals surface area contributed by atoms with Gasteiger partial charge in [-0.25, -0.2) is 9.18 Å². The van der Waals surface area contributed by atoms with Gasteiger partial charge < -0.3 is 19.5 Å². The molecule has 0 unspecified atom stereocenters. The Balaban J connectivity index is 1.57. The molecule has 7 heteroatoms. The molecule has 3 aromatic carbocycles. The Kier molecular flexibility index (Phi) is 6.53. The van der Waals surface area contributed by atoms with Crippen molar-refractivity contribution in [1.82, 2.24) is 5.32 Å². The predicted molar refractivity (Wildman–Crippen MR) is 137 cm³/mol. The van der Waals surface area contributed by atoms with Crippen molar-refractivity contribution < 1.29 is 28.2 Å². The van der Waals surface area contributed by atoms with Crippen LogP contribution in [-0.2, 0) is 16.1 Å². The second kappa shape index (κ2) is 9.93. The van der Waals surface area contributed by atoms with Crippen molar-refractivity contribution >= 4 is 17.4 Å². The Hall–Kier alpha value is -4.39. The first-order chi connectivity index (χ1) is 17.9. The molecule has 0 saturated heterocycles. The van der Waals surface area contributed by atoms with Gasteiger partial charge in [-0.15, -0.1) is 0 Å². The van der Waals surface area contributed by atoms with E-state index < -0.39 is 11.9 Å². The summed E-state index contributed by atoms with van der Waals surface area (Å²) in [6.07, 6.45) is 0. The summed E-state index contributed by atoms with van der Waals surface area (Å²) < 4.78 is 30.3. The topological polar surface area (TPSA) is 73.9 Å². The summed E-state index contributed by atoms with van der Waals surface area (Å²) in [6.45, 7) is 4.28. The van der Waals surface area contributed by atoms with Crippen molar-refractivity contribution in [3.05, 3.63) is 112 Å². The maximum absolute atomic E-state index is 13.6. The number of allylic oxidation sites excluding steroid dienone is 2. The number of carbonyl (C=O) groups excluding carboxylic acids is 2. The SMILES string of the molecule is CCOc1cc([C@@H]2C(C(=O)OC)=C(C)NC3=C2C(=O)c2ccccc23)ccc1OCc1ccc(F)cc1. The van der Waals surface area contributed by atoms with Gasteiger partial charge in [-0.1, -0.05) is 42.5 Å². The first-order valence-electron chi connectivity index (χ1n) is 12.0. The third-order valence-corrected chi connectivity index (χ3v) is 6.56. The minimum atomic E-state index is -0.658. The molecule has 6 nitrogen and oxygen atoms in total. The van der Waals surface area contributed by atoms with Gasteiger partial charge in [0.05, 0.1) is 25.0 Å². The van der Waals surface area contributed by atoms with E-state index in [2.05, 4.69) is 5.32 Å². The number of rotatable bonds is 7. The number of dihydropyridines is 1. The minimum absolute atomic E-state index is 0.133. The molecule has 0 amide bonds. The Morgan fingerprint density at radius 1 is 0.973 bits per heavy atom. The maximum atomic E-state index is 13.6. The fourth-order valence-corrected chi connectivity index (χ4v) is 4.88.